The molecule has 0 fully saturated rings. The SMILES string of the molecule is N#Cc1cccc(N2CSC=N2)c1F. The van der Waals surface area contributed by atoms with Gasteiger partial charge in [0.15, 0.2) is 5.82 Å². The molecule has 5 heteroatoms. The van der Waals surface area contributed by atoms with Gasteiger partial charge in [-0.25, -0.2) is 4.39 Å². The van der Waals surface area contributed by atoms with Crippen LogP contribution in [-0.4, -0.2) is 11.4 Å². The fourth-order valence-electron chi connectivity index (χ4n) is 1.16. The summed E-state index contributed by atoms with van der Waals surface area (Å²) >= 11 is 1.48. The topological polar surface area (TPSA) is 39.4 Å². The molecule has 0 aromatic heterocycles. The molecule has 0 saturated carbocycles. The number of hydrogen-bond donors (Lipinski definition) is 0. The largest absolute Gasteiger partial charge is 0.252 e. The van der Waals surface area contributed by atoms with Crippen LogP contribution in [0, 0.1) is 17.1 Å². The fourth-order valence-corrected chi connectivity index (χ4v) is 1.76. The number of rotatable bonds is 1. The Hall–Kier alpha value is -1.54. The van der Waals surface area contributed by atoms with Gasteiger partial charge in [0.05, 0.1) is 22.7 Å². The van der Waals surface area contributed by atoms with Crippen molar-refractivity contribution in [1.82, 2.24) is 0 Å². The van der Waals surface area contributed by atoms with E-state index >= 15 is 0 Å². The molecule has 1 aromatic rings. The molecule has 1 aliphatic heterocycles. The standard InChI is InChI=1S/C9H6FN3S/c10-9-7(4-11)2-1-3-8(9)13-6-14-5-12-13/h1-3,5H,6H2. The first kappa shape index (κ1) is 9.03. The number of halogens is 1. The lowest BCUT2D eigenvalue weighted by Crippen LogP contribution is -2.12. The molecule has 14 heavy (non-hydrogen) atoms. The van der Waals surface area contributed by atoms with E-state index in [2.05, 4.69) is 5.10 Å². The number of anilines is 1. The van der Waals surface area contributed by atoms with E-state index in [0.29, 0.717) is 11.6 Å². The summed E-state index contributed by atoms with van der Waals surface area (Å²) in [4.78, 5) is 0. The lowest BCUT2D eigenvalue weighted by Gasteiger charge is -2.13. The van der Waals surface area contributed by atoms with Gasteiger partial charge in [-0.2, -0.15) is 10.4 Å². The van der Waals surface area contributed by atoms with E-state index < -0.39 is 5.82 Å². The predicted molar refractivity (Wildman–Crippen MR) is 54.5 cm³/mol. The summed E-state index contributed by atoms with van der Waals surface area (Å²) in [5.74, 6) is 0.0841. The van der Waals surface area contributed by atoms with Gasteiger partial charge in [0.2, 0.25) is 0 Å². The highest BCUT2D eigenvalue weighted by Gasteiger charge is 2.15. The minimum atomic E-state index is -0.505. The van der Waals surface area contributed by atoms with E-state index in [1.807, 2.05) is 0 Å². The number of benzene rings is 1. The van der Waals surface area contributed by atoms with Crippen molar-refractivity contribution in [3.05, 3.63) is 29.6 Å². The molecule has 0 radical (unpaired) electrons. The second kappa shape index (κ2) is 3.68. The van der Waals surface area contributed by atoms with Crippen molar-refractivity contribution in [1.29, 1.82) is 5.26 Å². The van der Waals surface area contributed by atoms with E-state index in [1.54, 1.807) is 23.7 Å². The molecule has 1 aromatic carbocycles. The Balaban J connectivity index is 2.43. The monoisotopic (exact) mass is 207 g/mol. The maximum atomic E-state index is 13.6. The second-order valence-corrected chi connectivity index (χ2v) is 3.47. The molecule has 0 N–H and O–H groups in total. The van der Waals surface area contributed by atoms with Crippen LogP contribution in [-0.2, 0) is 0 Å². The molecule has 0 saturated heterocycles. The highest BCUT2D eigenvalue weighted by atomic mass is 32.2. The van der Waals surface area contributed by atoms with Gasteiger partial charge in [0.25, 0.3) is 0 Å². The lowest BCUT2D eigenvalue weighted by molar-refractivity contribution is 0.620. The minimum Gasteiger partial charge on any atom is -0.252 e. The van der Waals surface area contributed by atoms with Crippen LogP contribution in [0.25, 0.3) is 0 Å². The van der Waals surface area contributed by atoms with Gasteiger partial charge >= 0.3 is 0 Å². The maximum absolute atomic E-state index is 13.6. The molecule has 3 nitrogen and oxygen atoms in total. The normalized spacial score (nSPS) is 14.4. The van der Waals surface area contributed by atoms with E-state index in [1.165, 1.54) is 22.8 Å². The zero-order valence-corrected chi connectivity index (χ0v) is 7.96. The first-order valence-corrected chi connectivity index (χ1v) is 4.98. The summed E-state index contributed by atoms with van der Waals surface area (Å²) in [5.41, 5.74) is 2.05. The van der Waals surface area contributed by atoms with Crippen LogP contribution in [0.1, 0.15) is 5.56 Å². The average molecular weight is 207 g/mol. The molecular formula is C9H6FN3S. The van der Waals surface area contributed by atoms with Gasteiger partial charge in [-0.05, 0) is 12.1 Å². The summed E-state index contributed by atoms with van der Waals surface area (Å²) in [6.45, 7) is 0. The molecule has 0 amide bonds. The van der Waals surface area contributed by atoms with Gasteiger partial charge in [0.1, 0.15) is 6.07 Å². The number of hydrogen-bond acceptors (Lipinski definition) is 4. The summed E-state index contributed by atoms with van der Waals surface area (Å²) < 4.78 is 13.6. The third kappa shape index (κ3) is 1.44. The van der Waals surface area contributed by atoms with Crippen molar-refractivity contribution in [2.24, 2.45) is 5.10 Å². The zero-order chi connectivity index (χ0) is 9.97. The van der Waals surface area contributed by atoms with Crippen molar-refractivity contribution in [3.8, 4) is 6.07 Å². The van der Waals surface area contributed by atoms with Crippen molar-refractivity contribution >= 4 is 23.0 Å². The molecule has 0 aliphatic carbocycles. The van der Waals surface area contributed by atoms with Gasteiger partial charge in [0, 0.05) is 0 Å². The van der Waals surface area contributed by atoms with Crippen LogP contribution >= 0.6 is 11.8 Å². The Bertz CT molecular complexity index is 425. The van der Waals surface area contributed by atoms with Crippen molar-refractivity contribution in [3.63, 3.8) is 0 Å². The molecule has 0 atom stereocenters. The minimum absolute atomic E-state index is 0.0506. The zero-order valence-electron chi connectivity index (χ0n) is 7.14. The predicted octanol–water partition coefficient (Wildman–Crippen LogP) is 2.15. The lowest BCUT2D eigenvalue weighted by atomic mass is 10.2. The van der Waals surface area contributed by atoms with E-state index in [0.717, 1.165) is 0 Å². The van der Waals surface area contributed by atoms with E-state index in [9.17, 15) is 4.39 Å². The molecule has 1 aliphatic rings. The molecule has 2 rings (SSSR count). The smallest absolute Gasteiger partial charge is 0.166 e. The molecule has 70 valence electrons. The number of nitrogens with zero attached hydrogens (tertiary/aromatic N) is 3. The summed E-state index contributed by atoms with van der Waals surface area (Å²) in [6.07, 6.45) is 0. The van der Waals surface area contributed by atoms with Crippen molar-refractivity contribution < 1.29 is 4.39 Å². The second-order valence-electron chi connectivity index (χ2n) is 2.67. The van der Waals surface area contributed by atoms with Crippen LogP contribution in [0.3, 0.4) is 0 Å². The summed E-state index contributed by atoms with van der Waals surface area (Å²) in [5, 5.41) is 14.1. The maximum Gasteiger partial charge on any atom is 0.166 e. The molecule has 0 bridgehead atoms. The first-order chi connectivity index (χ1) is 6.83. The summed E-state index contributed by atoms with van der Waals surface area (Å²) in [7, 11) is 0. The quantitative estimate of drug-likeness (QED) is 0.708. The Morgan fingerprint density at radius 1 is 1.57 bits per heavy atom. The fraction of sp³-hybridized carbons (Fsp3) is 0.111. The van der Waals surface area contributed by atoms with Gasteiger partial charge in [-0.3, -0.25) is 5.01 Å². The summed E-state index contributed by atoms with van der Waals surface area (Å²) in [6, 6.07) is 6.51. The number of hydrazone groups is 1. The third-order valence-electron chi connectivity index (χ3n) is 1.83. The van der Waals surface area contributed by atoms with Crippen LogP contribution < -0.4 is 5.01 Å². The van der Waals surface area contributed by atoms with Gasteiger partial charge < -0.3 is 0 Å². The van der Waals surface area contributed by atoms with Crippen LogP contribution in [0.15, 0.2) is 23.3 Å². The van der Waals surface area contributed by atoms with Crippen molar-refractivity contribution in [2.45, 2.75) is 0 Å². The first-order valence-electron chi connectivity index (χ1n) is 3.93. The van der Waals surface area contributed by atoms with Gasteiger partial charge in [-0.15, -0.1) is 0 Å². The number of thioether (sulfide) groups is 1. The molecular weight excluding hydrogens is 201 g/mol. The number of nitriles is 1. The Morgan fingerprint density at radius 3 is 3.07 bits per heavy atom. The third-order valence-corrected chi connectivity index (χ3v) is 2.47. The van der Waals surface area contributed by atoms with Crippen LogP contribution in [0.2, 0.25) is 0 Å². The molecule has 1 heterocycles. The Kier molecular flexibility index (Phi) is 2.37. The van der Waals surface area contributed by atoms with E-state index in [4.69, 9.17) is 5.26 Å². The highest BCUT2D eigenvalue weighted by molar-refractivity contribution is 8.12. The van der Waals surface area contributed by atoms with Crippen LogP contribution in [0.4, 0.5) is 10.1 Å². The average Bonchev–Trinajstić information content (AvgIpc) is 2.71. The van der Waals surface area contributed by atoms with Crippen LogP contribution in [0.5, 0.6) is 0 Å². The Morgan fingerprint density at radius 2 is 2.43 bits per heavy atom. The van der Waals surface area contributed by atoms with Gasteiger partial charge in [-0.1, -0.05) is 17.8 Å². The Labute approximate surface area is 84.8 Å². The molecule has 0 unspecified atom stereocenters. The van der Waals surface area contributed by atoms with E-state index in [-0.39, 0.29) is 5.56 Å². The van der Waals surface area contributed by atoms with Crippen molar-refractivity contribution in [2.75, 3.05) is 10.9 Å². The molecule has 0 spiro atoms. The highest BCUT2D eigenvalue weighted by Crippen LogP contribution is 2.25.